The minimum absolute atomic E-state index is 0.0137. The van der Waals surface area contributed by atoms with Crippen LogP contribution in [0, 0.1) is 5.92 Å². The SMILES string of the molecule is O=C1CCC(c2ccccc2NC(=O)C2CCN(c3ccc(-n4cccn4)nn3)CC2)NN1. The predicted molar refractivity (Wildman–Crippen MR) is 122 cm³/mol. The number of piperidine rings is 1. The fourth-order valence-corrected chi connectivity index (χ4v) is 4.34. The van der Waals surface area contributed by atoms with Crippen molar-refractivity contribution in [2.75, 3.05) is 23.3 Å². The van der Waals surface area contributed by atoms with Gasteiger partial charge in [0.2, 0.25) is 11.8 Å². The molecular formula is C23H26N8O2. The van der Waals surface area contributed by atoms with Crippen LogP contribution in [0.3, 0.4) is 0 Å². The Labute approximate surface area is 191 Å². The van der Waals surface area contributed by atoms with Crippen molar-refractivity contribution in [2.45, 2.75) is 31.7 Å². The molecule has 2 fully saturated rings. The number of para-hydroxylation sites is 1. The number of nitrogens with zero attached hydrogens (tertiary/aromatic N) is 5. The molecule has 0 aliphatic carbocycles. The van der Waals surface area contributed by atoms with Gasteiger partial charge in [-0.1, -0.05) is 18.2 Å². The Balaban J connectivity index is 1.18. The van der Waals surface area contributed by atoms with Crippen molar-refractivity contribution < 1.29 is 9.59 Å². The summed E-state index contributed by atoms with van der Waals surface area (Å²) < 4.78 is 1.67. The van der Waals surface area contributed by atoms with E-state index in [0.717, 1.165) is 43.0 Å². The smallest absolute Gasteiger partial charge is 0.234 e. The number of hydrazine groups is 1. The van der Waals surface area contributed by atoms with Crippen LogP contribution in [0.4, 0.5) is 11.5 Å². The van der Waals surface area contributed by atoms with Crippen molar-refractivity contribution in [1.82, 2.24) is 30.8 Å². The summed E-state index contributed by atoms with van der Waals surface area (Å²) in [4.78, 5) is 26.6. The first-order valence-corrected chi connectivity index (χ1v) is 11.2. The lowest BCUT2D eigenvalue weighted by Gasteiger charge is -2.32. The third-order valence-electron chi connectivity index (χ3n) is 6.21. The second-order valence-electron chi connectivity index (χ2n) is 8.32. The summed E-state index contributed by atoms with van der Waals surface area (Å²) in [6.45, 7) is 1.48. The summed E-state index contributed by atoms with van der Waals surface area (Å²) in [5, 5.41) is 15.9. The van der Waals surface area contributed by atoms with Gasteiger partial charge in [0.1, 0.15) is 0 Å². The van der Waals surface area contributed by atoms with Crippen LogP contribution in [0.5, 0.6) is 0 Å². The lowest BCUT2D eigenvalue weighted by Crippen LogP contribution is -2.44. The molecule has 0 radical (unpaired) electrons. The maximum absolute atomic E-state index is 13.0. The average Bonchev–Trinajstić information content (AvgIpc) is 3.40. The van der Waals surface area contributed by atoms with Crippen molar-refractivity contribution >= 4 is 23.3 Å². The van der Waals surface area contributed by atoms with Crippen LogP contribution in [0.1, 0.15) is 37.3 Å². The van der Waals surface area contributed by atoms with Crippen LogP contribution in [0.2, 0.25) is 0 Å². The first kappa shape index (κ1) is 21.1. The number of aromatic nitrogens is 4. The molecule has 3 aromatic rings. The van der Waals surface area contributed by atoms with Gasteiger partial charge >= 0.3 is 0 Å². The summed E-state index contributed by atoms with van der Waals surface area (Å²) in [5.74, 6) is 1.43. The van der Waals surface area contributed by atoms with Gasteiger partial charge in [0.15, 0.2) is 11.6 Å². The molecule has 0 spiro atoms. The topological polar surface area (TPSA) is 117 Å². The minimum Gasteiger partial charge on any atom is -0.355 e. The van der Waals surface area contributed by atoms with Crippen molar-refractivity contribution in [3.8, 4) is 5.82 Å². The molecule has 2 aliphatic heterocycles. The highest BCUT2D eigenvalue weighted by Gasteiger charge is 2.27. The molecule has 2 aromatic heterocycles. The van der Waals surface area contributed by atoms with E-state index in [9.17, 15) is 9.59 Å². The second kappa shape index (κ2) is 9.37. The lowest BCUT2D eigenvalue weighted by atomic mass is 9.94. The standard InChI is InChI=1S/C23H26N8O2/c32-22-9-6-19(26-29-22)17-4-1-2-5-18(17)25-23(33)16-10-14-30(15-11-16)20-7-8-21(28-27-20)31-13-3-12-24-31/h1-5,7-8,12-13,16,19,26H,6,9-11,14-15H2,(H,25,33)(H,29,32). The first-order valence-electron chi connectivity index (χ1n) is 11.2. The van der Waals surface area contributed by atoms with E-state index in [4.69, 9.17) is 0 Å². The average molecular weight is 447 g/mol. The largest absolute Gasteiger partial charge is 0.355 e. The van der Waals surface area contributed by atoms with Crippen LogP contribution in [-0.2, 0) is 9.59 Å². The van der Waals surface area contributed by atoms with E-state index in [-0.39, 0.29) is 23.8 Å². The zero-order valence-electron chi connectivity index (χ0n) is 18.1. The van der Waals surface area contributed by atoms with Gasteiger partial charge in [-0.3, -0.25) is 15.0 Å². The van der Waals surface area contributed by atoms with E-state index in [1.165, 1.54) is 0 Å². The number of nitrogens with one attached hydrogen (secondary N) is 3. The number of benzene rings is 1. The fraction of sp³-hybridized carbons (Fsp3) is 0.348. The highest BCUT2D eigenvalue weighted by molar-refractivity contribution is 5.93. The van der Waals surface area contributed by atoms with Crippen LogP contribution in [0.25, 0.3) is 5.82 Å². The van der Waals surface area contributed by atoms with Crippen molar-refractivity contribution in [2.24, 2.45) is 5.92 Å². The molecule has 0 saturated carbocycles. The number of carbonyl (C=O) groups excluding carboxylic acids is 2. The molecule has 2 amide bonds. The molecule has 33 heavy (non-hydrogen) atoms. The molecule has 1 aromatic carbocycles. The molecule has 0 bridgehead atoms. The van der Waals surface area contributed by atoms with Gasteiger partial charge in [-0.15, -0.1) is 10.2 Å². The van der Waals surface area contributed by atoms with Crippen molar-refractivity contribution in [1.29, 1.82) is 0 Å². The molecule has 10 nitrogen and oxygen atoms in total. The maximum atomic E-state index is 13.0. The van der Waals surface area contributed by atoms with E-state index in [2.05, 4.69) is 36.4 Å². The molecule has 3 N–H and O–H groups in total. The molecule has 2 saturated heterocycles. The monoisotopic (exact) mass is 446 g/mol. The summed E-state index contributed by atoms with van der Waals surface area (Å²) >= 11 is 0. The zero-order valence-corrected chi connectivity index (χ0v) is 18.1. The molecule has 5 rings (SSSR count). The summed E-state index contributed by atoms with van der Waals surface area (Å²) in [6, 6.07) is 13.4. The number of amides is 2. The van der Waals surface area contributed by atoms with E-state index >= 15 is 0 Å². The van der Waals surface area contributed by atoms with Crippen molar-refractivity contribution in [3.63, 3.8) is 0 Å². The van der Waals surface area contributed by atoms with Crippen LogP contribution in [-0.4, -0.2) is 44.9 Å². The lowest BCUT2D eigenvalue weighted by molar-refractivity contribution is -0.124. The van der Waals surface area contributed by atoms with Crippen molar-refractivity contribution in [3.05, 3.63) is 60.4 Å². The second-order valence-corrected chi connectivity index (χ2v) is 8.32. The van der Waals surface area contributed by atoms with E-state index in [0.29, 0.717) is 18.7 Å². The number of hydrogen-bond acceptors (Lipinski definition) is 7. The maximum Gasteiger partial charge on any atom is 0.234 e. The molecule has 1 atom stereocenters. The van der Waals surface area contributed by atoms with Gasteiger partial charge in [0.25, 0.3) is 0 Å². The molecule has 4 heterocycles. The molecule has 10 heteroatoms. The van der Waals surface area contributed by atoms with Crippen LogP contribution in [0.15, 0.2) is 54.9 Å². The van der Waals surface area contributed by atoms with E-state index in [1.54, 1.807) is 10.9 Å². The molecular weight excluding hydrogens is 420 g/mol. The predicted octanol–water partition coefficient (Wildman–Crippen LogP) is 1.97. The molecule has 2 aliphatic rings. The van der Waals surface area contributed by atoms with Gasteiger partial charge in [-0.25, -0.2) is 10.1 Å². The summed E-state index contributed by atoms with van der Waals surface area (Å²) in [6.07, 6.45) is 6.17. The Kier molecular flexibility index (Phi) is 5.99. The van der Waals surface area contributed by atoms with Gasteiger partial charge in [0, 0.05) is 43.5 Å². The number of rotatable bonds is 5. The van der Waals surface area contributed by atoms with Crippen LogP contribution < -0.4 is 21.1 Å². The summed E-state index contributed by atoms with van der Waals surface area (Å²) in [7, 11) is 0. The van der Waals surface area contributed by atoms with Gasteiger partial charge in [-0.05, 0) is 49.1 Å². The number of hydrogen-bond donors (Lipinski definition) is 3. The third kappa shape index (κ3) is 4.70. The highest BCUT2D eigenvalue weighted by atomic mass is 16.2. The minimum atomic E-state index is -0.0652. The Hall–Kier alpha value is -3.79. The number of carbonyl (C=O) groups is 2. The van der Waals surface area contributed by atoms with Gasteiger partial charge in [-0.2, -0.15) is 5.10 Å². The Morgan fingerprint density at radius 1 is 1.00 bits per heavy atom. The fourth-order valence-electron chi connectivity index (χ4n) is 4.34. The normalized spacial score (nSPS) is 19.2. The summed E-state index contributed by atoms with van der Waals surface area (Å²) in [5.41, 5.74) is 7.50. The van der Waals surface area contributed by atoms with Crippen LogP contribution >= 0.6 is 0 Å². The van der Waals surface area contributed by atoms with Gasteiger partial charge < -0.3 is 10.2 Å². The van der Waals surface area contributed by atoms with E-state index < -0.39 is 0 Å². The third-order valence-corrected chi connectivity index (χ3v) is 6.21. The Bertz CT molecular complexity index is 1100. The highest BCUT2D eigenvalue weighted by Crippen LogP contribution is 2.29. The molecule has 170 valence electrons. The Morgan fingerprint density at radius 3 is 2.48 bits per heavy atom. The number of anilines is 2. The quantitative estimate of drug-likeness (QED) is 0.549. The van der Waals surface area contributed by atoms with Gasteiger partial charge in [0.05, 0.1) is 6.04 Å². The first-order chi connectivity index (χ1) is 16.2. The van der Waals surface area contributed by atoms with E-state index in [1.807, 2.05) is 48.7 Å². The Morgan fingerprint density at radius 2 is 1.79 bits per heavy atom. The zero-order chi connectivity index (χ0) is 22.6. The molecule has 1 unspecified atom stereocenters.